The van der Waals surface area contributed by atoms with E-state index in [9.17, 15) is 0 Å². The number of nitrogens with zero attached hydrogens (tertiary/aromatic N) is 1. The Hall–Kier alpha value is -7.42. The van der Waals surface area contributed by atoms with Gasteiger partial charge < -0.3 is 9.32 Å². The van der Waals surface area contributed by atoms with Gasteiger partial charge in [-0.15, -0.1) is 0 Å². The minimum absolute atomic E-state index is 0.892. The van der Waals surface area contributed by atoms with E-state index < -0.39 is 0 Å². The van der Waals surface area contributed by atoms with Gasteiger partial charge in [-0.2, -0.15) is 0 Å². The monoisotopic (exact) mass is 713 g/mol. The van der Waals surface area contributed by atoms with Crippen molar-refractivity contribution in [2.24, 2.45) is 0 Å². The Balaban J connectivity index is 1.07. The predicted octanol–water partition coefficient (Wildman–Crippen LogP) is 15.5. The molecule has 56 heavy (non-hydrogen) atoms. The van der Waals surface area contributed by atoms with Crippen LogP contribution in [0.25, 0.3) is 87.6 Å². The van der Waals surface area contributed by atoms with Crippen molar-refractivity contribution in [1.82, 2.24) is 0 Å². The molecular weight excluding hydrogens is 679 g/mol. The van der Waals surface area contributed by atoms with Crippen LogP contribution in [0.1, 0.15) is 0 Å². The first-order valence-corrected chi connectivity index (χ1v) is 19.2. The summed E-state index contributed by atoms with van der Waals surface area (Å²) in [6.07, 6.45) is 0. The maximum absolute atomic E-state index is 6.77. The summed E-state index contributed by atoms with van der Waals surface area (Å²) in [5.74, 6) is 0. The molecule has 10 aromatic carbocycles. The molecule has 0 spiro atoms. The highest BCUT2D eigenvalue weighted by Crippen LogP contribution is 2.45. The first kappa shape index (κ1) is 32.0. The number of hydrogen-bond donors (Lipinski definition) is 0. The second-order valence-electron chi connectivity index (χ2n) is 14.5. The third-order valence-corrected chi connectivity index (χ3v) is 11.2. The molecule has 11 rings (SSSR count). The van der Waals surface area contributed by atoms with Gasteiger partial charge in [0.1, 0.15) is 11.2 Å². The Morgan fingerprint density at radius 1 is 0.304 bits per heavy atom. The van der Waals surface area contributed by atoms with Crippen LogP contribution in [0, 0.1) is 0 Å². The van der Waals surface area contributed by atoms with Crippen LogP contribution in [-0.4, -0.2) is 0 Å². The van der Waals surface area contributed by atoms with Crippen LogP contribution >= 0.6 is 0 Å². The van der Waals surface area contributed by atoms with Gasteiger partial charge in [0.2, 0.25) is 0 Å². The third-order valence-electron chi connectivity index (χ3n) is 11.2. The van der Waals surface area contributed by atoms with Crippen LogP contribution < -0.4 is 4.90 Å². The lowest BCUT2D eigenvalue weighted by molar-refractivity contribution is 0.670. The fourth-order valence-electron chi connectivity index (χ4n) is 8.46. The van der Waals surface area contributed by atoms with E-state index in [1.165, 1.54) is 54.6 Å². The highest BCUT2D eigenvalue weighted by Gasteiger charge is 2.21. The van der Waals surface area contributed by atoms with Crippen LogP contribution in [0.15, 0.2) is 217 Å². The second kappa shape index (κ2) is 13.2. The van der Waals surface area contributed by atoms with E-state index in [-0.39, 0.29) is 0 Å². The zero-order chi connectivity index (χ0) is 37.0. The zero-order valence-electron chi connectivity index (χ0n) is 30.6. The molecule has 0 aliphatic heterocycles. The Morgan fingerprint density at radius 2 is 0.839 bits per heavy atom. The molecule has 0 aliphatic carbocycles. The quantitative estimate of drug-likeness (QED) is 0.171. The summed E-state index contributed by atoms with van der Waals surface area (Å²) in [5.41, 5.74) is 12.0. The summed E-state index contributed by atoms with van der Waals surface area (Å²) in [4.78, 5) is 2.38. The predicted molar refractivity (Wildman–Crippen MR) is 237 cm³/mol. The lowest BCUT2D eigenvalue weighted by Gasteiger charge is -2.28. The Morgan fingerprint density at radius 3 is 1.62 bits per heavy atom. The van der Waals surface area contributed by atoms with E-state index >= 15 is 0 Å². The second-order valence-corrected chi connectivity index (χ2v) is 14.5. The van der Waals surface area contributed by atoms with Gasteiger partial charge in [0, 0.05) is 33.3 Å². The van der Waals surface area contributed by atoms with E-state index in [0.717, 1.165) is 50.1 Å². The summed E-state index contributed by atoms with van der Waals surface area (Å²) in [6, 6.07) is 76.5. The smallest absolute Gasteiger partial charge is 0.143 e. The fraction of sp³-hybridized carbons (Fsp3) is 0. The van der Waals surface area contributed by atoms with E-state index in [1.807, 2.05) is 0 Å². The standard InChI is InChI=1S/C54H35NO/c1-2-13-40-33-43(24-23-36(40)11-1)37-25-29-44(30-26-37)55(45-31-27-39(28-32-45)47-19-9-16-38-12-5-6-17-46(38)47)52-22-8-7-18-48(52)49-20-10-21-50-51-34-41-14-3-4-15-42(41)35-53(51)56-54(49)50/h1-35H. The van der Waals surface area contributed by atoms with Crippen molar-refractivity contribution in [2.45, 2.75) is 0 Å². The van der Waals surface area contributed by atoms with Gasteiger partial charge in [-0.25, -0.2) is 0 Å². The van der Waals surface area contributed by atoms with Crippen LogP contribution in [0.4, 0.5) is 17.1 Å². The summed E-state index contributed by atoms with van der Waals surface area (Å²) >= 11 is 0. The van der Waals surface area contributed by atoms with Crippen molar-refractivity contribution in [3.05, 3.63) is 212 Å². The van der Waals surface area contributed by atoms with Gasteiger partial charge in [0.05, 0.1) is 5.69 Å². The van der Waals surface area contributed by atoms with Crippen molar-refractivity contribution in [2.75, 3.05) is 4.90 Å². The number of rotatable bonds is 6. The Kier molecular flexibility index (Phi) is 7.53. The van der Waals surface area contributed by atoms with Crippen LogP contribution in [0.2, 0.25) is 0 Å². The largest absolute Gasteiger partial charge is 0.455 e. The molecule has 0 saturated heterocycles. The van der Waals surface area contributed by atoms with E-state index in [4.69, 9.17) is 4.42 Å². The molecule has 0 amide bonds. The van der Waals surface area contributed by atoms with Crippen molar-refractivity contribution in [1.29, 1.82) is 0 Å². The summed E-state index contributed by atoms with van der Waals surface area (Å²) in [7, 11) is 0. The molecule has 262 valence electrons. The molecule has 0 radical (unpaired) electrons. The maximum atomic E-state index is 6.77. The molecule has 2 heteroatoms. The van der Waals surface area contributed by atoms with E-state index in [2.05, 4.69) is 217 Å². The third kappa shape index (κ3) is 5.42. The highest BCUT2D eigenvalue weighted by molar-refractivity contribution is 6.14. The topological polar surface area (TPSA) is 16.4 Å². The number of benzene rings is 10. The molecule has 0 aliphatic rings. The average Bonchev–Trinajstić information content (AvgIpc) is 3.63. The lowest BCUT2D eigenvalue weighted by Crippen LogP contribution is -2.11. The van der Waals surface area contributed by atoms with Crippen LogP contribution in [0.3, 0.4) is 0 Å². The number of fused-ring (bicyclic) bond motifs is 6. The Labute approximate surface area is 325 Å². The van der Waals surface area contributed by atoms with Gasteiger partial charge in [-0.1, -0.05) is 164 Å². The molecule has 0 bridgehead atoms. The average molecular weight is 714 g/mol. The highest BCUT2D eigenvalue weighted by atomic mass is 16.3. The molecule has 0 fully saturated rings. The molecular formula is C54H35NO. The summed E-state index contributed by atoms with van der Waals surface area (Å²) in [5, 5.41) is 9.60. The molecule has 1 heterocycles. The molecule has 0 unspecified atom stereocenters. The SMILES string of the molecule is c1ccc(N(c2ccc(-c3ccc4ccccc4c3)cc2)c2ccc(-c3cccc4ccccc34)cc2)c(-c2cccc3c2oc2cc4ccccc4cc23)c1. The molecule has 0 N–H and O–H groups in total. The normalized spacial score (nSPS) is 11.6. The zero-order valence-corrected chi connectivity index (χ0v) is 30.6. The first-order valence-electron chi connectivity index (χ1n) is 19.2. The first-order chi connectivity index (χ1) is 27.7. The van der Waals surface area contributed by atoms with Gasteiger partial charge >= 0.3 is 0 Å². The van der Waals surface area contributed by atoms with Gasteiger partial charge in [0.25, 0.3) is 0 Å². The number of hydrogen-bond acceptors (Lipinski definition) is 2. The minimum atomic E-state index is 0.892. The van der Waals surface area contributed by atoms with Crippen LogP contribution in [-0.2, 0) is 0 Å². The fourth-order valence-corrected chi connectivity index (χ4v) is 8.46. The van der Waals surface area contributed by atoms with Gasteiger partial charge in [-0.05, 0) is 103 Å². The molecule has 1 aromatic heterocycles. The van der Waals surface area contributed by atoms with Gasteiger partial charge in [0.15, 0.2) is 0 Å². The van der Waals surface area contributed by atoms with E-state index in [1.54, 1.807) is 0 Å². The van der Waals surface area contributed by atoms with Crippen molar-refractivity contribution < 1.29 is 4.42 Å². The molecule has 0 saturated carbocycles. The van der Waals surface area contributed by atoms with Crippen molar-refractivity contribution in [3.8, 4) is 33.4 Å². The Bertz CT molecular complexity index is 3240. The van der Waals surface area contributed by atoms with Crippen molar-refractivity contribution >= 4 is 71.3 Å². The molecule has 11 aromatic rings. The lowest BCUT2D eigenvalue weighted by atomic mass is 9.97. The van der Waals surface area contributed by atoms with Crippen molar-refractivity contribution in [3.63, 3.8) is 0 Å². The summed E-state index contributed by atoms with van der Waals surface area (Å²) < 4.78 is 6.77. The summed E-state index contributed by atoms with van der Waals surface area (Å²) in [6.45, 7) is 0. The van der Waals surface area contributed by atoms with Gasteiger partial charge in [-0.3, -0.25) is 0 Å². The van der Waals surface area contributed by atoms with Crippen LogP contribution in [0.5, 0.6) is 0 Å². The number of anilines is 3. The minimum Gasteiger partial charge on any atom is -0.455 e. The maximum Gasteiger partial charge on any atom is 0.143 e. The van der Waals surface area contributed by atoms with E-state index in [0.29, 0.717) is 0 Å². The molecule has 0 atom stereocenters. The number of furan rings is 1. The molecule has 2 nitrogen and oxygen atoms in total. The number of para-hydroxylation sites is 2.